The minimum Gasteiger partial charge on any atom is -0.366 e. The maximum Gasteiger partial charge on any atom is 0.293 e. The number of nitrogens with one attached hydrogen (secondary N) is 2. The number of thiophene rings is 1. The van der Waals surface area contributed by atoms with E-state index < -0.39 is 10.8 Å². The Morgan fingerprint density at radius 3 is 2.64 bits per heavy atom. The quantitative estimate of drug-likeness (QED) is 0.295. The third kappa shape index (κ3) is 5.52. The van der Waals surface area contributed by atoms with Crippen LogP contribution in [-0.4, -0.2) is 29.0 Å². The number of nitrogens with zero attached hydrogens (tertiary/aromatic N) is 3. The molecule has 190 valence electrons. The summed E-state index contributed by atoms with van der Waals surface area (Å²) >= 11 is 6.88. The minimum atomic E-state index is -0.534. The van der Waals surface area contributed by atoms with Crippen molar-refractivity contribution in [1.82, 2.24) is 5.32 Å². The summed E-state index contributed by atoms with van der Waals surface area (Å²) in [7, 11) is 0. The molecule has 10 heteroatoms. The molecule has 1 aromatic carbocycles. The van der Waals surface area contributed by atoms with Crippen LogP contribution >= 0.6 is 23.6 Å². The van der Waals surface area contributed by atoms with Gasteiger partial charge in [0, 0.05) is 29.6 Å². The standard InChI is InChI=1S/C26H31N5O3S2/c1-26(2,3)17-8-9-18-19(15-27)24(36-22(18)14-17)29-25(35)28-23(32)16-7-10-20(21(13-16)31(33)34)30-11-5-4-6-12-30/h7,10,13,17H,4-6,8-9,11-12,14H2,1-3H3,(H2,28,29,32,35)/t17-/m0/s1. The van der Waals surface area contributed by atoms with Crippen molar-refractivity contribution in [3.8, 4) is 6.07 Å². The van der Waals surface area contributed by atoms with E-state index in [1.807, 2.05) is 4.90 Å². The van der Waals surface area contributed by atoms with Crippen LogP contribution in [0.2, 0.25) is 0 Å². The molecule has 8 nitrogen and oxygen atoms in total. The van der Waals surface area contributed by atoms with E-state index in [-0.39, 0.29) is 21.8 Å². The van der Waals surface area contributed by atoms with Gasteiger partial charge in [-0.2, -0.15) is 5.26 Å². The number of carbonyl (C=O) groups is 1. The molecule has 0 bridgehead atoms. The molecule has 1 aliphatic carbocycles. The van der Waals surface area contributed by atoms with Gasteiger partial charge in [0.2, 0.25) is 0 Å². The molecule has 1 saturated heterocycles. The van der Waals surface area contributed by atoms with Crippen LogP contribution in [0.1, 0.15) is 72.8 Å². The average Bonchev–Trinajstić information content (AvgIpc) is 3.19. The van der Waals surface area contributed by atoms with Gasteiger partial charge in [0.1, 0.15) is 16.8 Å². The number of amides is 1. The number of carbonyl (C=O) groups excluding carboxylic acids is 1. The Kier molecular flexibility index (Phi) is 7.62. The number of fused-ring (bicyclic) bond motifs is 1. The van der Waals surface area contributed by atoms with Crippen molar-refractivity contribution in [2.75, 3.05) is 23.3 Å². The molecular formula is C26H31N5O3S2. The molecule has 0 radical (unpaired) electrons. The van der Waals surface area contributed by atoms with Crippen LogP contribution in [0.15, 0.2) is 18.2 Å². The lowest BCUT2D eigenvalue weighted by molar-refractivity contribution is -0.384. The number of benzene rings is 1. The normalized spacial score (nSPS) is 17.6. The maximum absolute atomic E-state index is 12.9. The van der Waals surface area contributed by atoms with Crippen LogP contribution in [0.25, 0.3) is 0 Å². The van der Waals surface area contributed by atoms with E-state index in [1.165, 1.54) is 22.3 Å². The molecule has 2 heterocycles. The summed E-state index contributed by atoms with van der Waals surface area (Å²) in [6.07, 6.45) is 5.92. The smallest absolute Gasteiger partial charge is 0.293 e. The van der Waals surface area contributed by atoms with Gasteiger partial charge in [-0.15, -0.1) is 11.3 Å². The number of anilines is 2. The number of rotatable bonds is 4. The van der Waals surface area contributed by atoms with Crippen LogP contribution in [0.5, 0.6) is 0 Å². The van der Waals surface area contributed by atoms with E-state index >= 15 is 0 Å². The van der Waals surface area contributed by atoms with E-state index in [9.17, 15) is 20.2 Å². The fourth-order valence-corrected chi connectivity index (χ4v) is 6.60. The summed E-state index contributed by atoms with van der Waals surface area (Å²) in [5.41, 5.74) is 2.45. The summed E-state index contributed by atoms with van der Waals surface area (Å²) in [5.74, 6) is 0.00631. The van der Waals surface area contributed by atoms with E-state index in [0.29, 0.717) is 22.2 Å². The van der Waals surface area contributed by atoms with Crippen LogP contribution in [0.3, 0.4) is 0 Å². The molecule has 4 rings (SSSR count). The first-order valence-corrected chi connectivity index (χ1v) is 13.5. The molecule has 36 heavy (non-hydrogen) atoms. The summed E-state index contributed by atoms with van der Waals surface area (Å²) in [5, 5.41) is 27.9. The fraction of sp³-hybridized carbons (Fsp3) is 0.500. The second-order valence-corrected chi connectivity index (χ2v) is 12.1. The summed E-state index contributed by atoms with van der Waals surface area (Å²) < 4.78 is 0. The Morgan fingerprint density at radius 1 is 1.28 bits per heavy atom. The van der Waals surface area contributed by atoms with Crippen molar-refractivity contribution >= 4 is 51.0 Å². The van der Waals surface area contributed by atoms with Gasteiger partial charge in [-0.1, -0.05) is 20.8 Å². The van der Waals surface area contributed by atoms with Gasteiger partial charge in [0.15, 0.2) is 5.11 Å². The molecular weight excluding hydrogens is 494 g/mol. The third-order valence-electron chi connectivity index (χ3n) is 7.19. The monoisotopic (exact) mass is 525 g/mol. The number of piperidine rings is 1. The molecule has 1 amide bonds. The van der Waals surface area contributed by atoms with Crippen LogP contribution in [-0.2, 0) is 12.8 Å². The first kappa shape index (κ1) is 26.0. The highest BCUT2D eigenvalue weighted by Crippen LogP contribution is 2.44. The largest absolute Gasteiger partial charge is 0.366 e. The summed E-state index contributed by atoms with van der Waals surface area (Å²) in [6.45, 7) is 8.27. The molecule has 0 saturated carbocycles. The predicted octanol–water partition coefficient (Wildman–Crippen LogP) is 5.80. The van der Waals surface area contributed by atoms with Crippen molar-refractivity contribution in [2.45, 2.75) is 59.3 Å². The average molecular weight is 526 g/mol. The molecule has 0 spiro atoms. The van der Waals surface area contributed by atoms with Gasteiger partial charge in [0.25, 0.3) is 11.6 Å². The van der Waals surface area contributed by atoms with Crippen LogP contribution < -0.4 is 15.5 Å². The summed E-state index contributed by atoms with van der Waals surface area (Å²) in [6, 6.07) is 6.84. The highest BCUT2D eigenvalue weighted by atomic mass is 32.1. The van der Waals surface area contributed by atoms with E-state index in [2.05, 4.69) is 37.5 Å². The zero-order chi connectivity index (χ0) is 26.0. The predicted molar refractivity (Wildman–Crippen MR) is 147 cm³/mol. The number of nitriles is 1. The molecule has 2 aromatic rings. The van der Waals surface area contributed by atoms with Crippen molar-refractivity contribution in [2.24, 2.45) is 11.3 Å². The Bertz CT molecular complexity index is 1240. The number of hydrogen-bond acceptors (Lipinski definition) is 7. The zero-order valence-electron chi connectivity index (χ0n) is 20.8. The zero-order valence-corrected chi connectivity index (χ0v) is 22.5. The van der Waals surface area contributed by atoms with E-state index in [0.717, 1.165) is 57.2 Å². The molecule has 2 aliphatic rings. The lowest BCUT2D eigenvalue weighted by Crippen LogP contribution is -2.34. The van der Waals surface area contributed by atoms with Crippen molar-refractivity contribution in [1.29, 1.82) is 5.26 Å². The first-order chi connectivity index (χ1) is 17.1. The van der Waals surface area contributed by atoms with E-state index in [1.54, 1.807) is 12.1 Å². The Morgan fingerprint density at radius 2 is 2.00 bits per heavy atom. The highest BCUT2D eigenvalue weighted by Gasteiger charge is 2.32. The topological polar surface area (TPSA) is 111 Å². The lowest BCUT2D eigenvalue weighted by atomic mass is 9.72. The van der Waals surface area contributed by atoms with Crippen molar-refractivity contribution in [3.63, 3.8) is 0 Å². The molecule has 1 aromatic heterocycles. The number of nitro groups is 1. The summed E-state index contributed by atoms with van der Waals surface area (Å²) in [4.78, 5) is 27.4. The number of nitro benzene ring substituents is 1. The van der Waals surface area contributed by atoms with Gasteiger partial charge >= 0.3 is 0 Å². The number of thiocarbonyl (C=S) groups is 1. The second kappa shape index (κ2) is 10.5. The van der Waals surface area contributed by atoms with Gasteiger partial charge in [-0.25, -0.2) is 0 Å². The molecule has 1 fully saturated rings. The lowest BCUT2D eigenvalue weighted by Gasteiger charge is -2.33. The van der Waals surface area contributed by atoms with Crippen LogP contribution in [0.4, 0.5) is 16.4 Å². The SMILES string of the molecule is CC(C)(C)[C@H]1CCc2c(sc(NC(=S)NC(=O)c3ccc(N4CCCCC4)c([N+](=O)[O-])c3)c2C#N)C1. The Hall–Kier alpha value is -3.03. The van der Waals surface area contributed by atoms with Crippen molar-refractivity contribution < 1.29 is 9.72 Å². The molecule has 2 N–H and O–H groups in total. The second-order valence-electron chi connectivity index (χ2n) is 10.5. The molecule has 1 atom stereocenters. The van der Waals surface area contributed by atoms with E-state index in [4.69, 9.17) is 12.2 Å². The molecule has 0 unspecified atom stereocenters. The Labute approximate surface area is 220 Å². The van der Waals surface area contributed by atoms with Gasteiger partial charge in [-0.05, 0) is 79.8 Å². The van der Waals surface area contributed by atoms with Crippen LogP contribution in [0, 0.1) is 32.8 Å². The van der Waals surface area contributed by atoms with Gasteiger partial charge < -0.3 is 10.2 Å². The maximum atomic E-state index is 12.9. The van der Waals surface area contributed by atoms with Gasteiger partial charge in [-0.3, -0.25) is 20.2 Å². The van der Waals surface area contributed by atoms with Gasteiger partial charge in [0.05, 0.1) is 10.5 Å². The third-order valence-corrected chi connectivity index (χ3v) is 8.56. The molecule has 1 aliphatic heterocycles. The highest BCUT2D eigenvalue weighted by molar-refractivity contribution is 7.80. The Balaban J connectivity index is 1.48. The number of hydrogen-bond donors (Lipinski definition) is 2. The fourth-order valence-electron chi connectivity index (χ4n) is 5.05. The minimum absolute atomic E-state index is 0.0604. The van der Waals surface area contributed by atoms with Crippen molar-refractivity contribution in [3.05, 3.63) is 49.9 Å². The first-order valence-electron chi connectivity index (χ1n) is 12.3.